The monoisotopic (exact) mass is 286 g/mol. The highest BCUT2D eigenvalue weighted by Crippen LogP contribution is 2.39. The van der Waals surface area contributed by atoms with Crippen molar-refractivity contribution in [1.82, 2.24) is 4.90 Å². The smallest absolute Gasteiger partial charge is 0.407 e. The largest absolute Gasteiger partial charge is 0.486 e. The van der Waals surface area contributed by atoms with Gasteiger partial charge in [0.1, 0.15) is 11.4 Å². The van der Waals surface area contributed by atoms with Gasteiger partial charge in [0.2, 0.25) is 0 Å². The average Bonchev–Trinajstić information content (AvgIpc) is 2.47. The second-order valence-corrected chi connectivity index (χ2v) is 5.48. The number of benzene rings is 1. The van der Waals surface area contributed by atoms with Crippen molar-refractivity contribution in [3.05, 3.63) is 29.3 Å². The number of ether oxygens (including phenoxy) is 1. The maximum atomic E-state index is 12.3. The Kier molecular flexibility index (Phi) is 3.05. The third kappa shape index (κ3) is 2.31. The molecule has 6 heteroatoms. The van der Waals surface area contributed by atoms with E-state index in [1.54, 1.807) is 18.2 Å². The lowest BCUT2D eigenvalue weighted by molar-refractivity contribution is -0.00520. The van der Waals surface area contributed by atoms with Crippen LogP contribution < -0.4 is 4.74 Å². The summed E-state index contributed by atoms with van der Waals surface area (Å²) in [6.45, 7) is 0.739. The van der Waals surface area contributed by atoms with E-state index in [0.29, 0.717) is 42.8 Å². The van der Waals surface area contributed by atoms with Crippen molar-refractivity contribution in [1.29, 1.82) is 5.26 Å². The van der Waals surface area contributed by atoms with Crippen LogP contribution in [0.2, 0.25) is 0 Å². The Labute approximate surface area is 121 Å². The van der Waals surface area contributed by atoms with Gasteiger partial charge in [-0.25, -0.2) is 4.79 Å². The maximum Gasteiger partial charge on any atom is 0.407 e. The Bertz CT molecular complexity index is 654. The van der Waals surface area contributed by atoms with Gasteiger partial charge in [0, 0.05) is 25.9 Å². The first-order chi connectivity index (χ1) is 10.0. The molecule has 1 aromatic carbocycles. The fraction of sp³-hybridized carbons (Fsp3) is 0.400. The predicted octanol–water partition coefficient (Wildman–Crippen LogP) is 2.04. The number of ketones is 1. The fourth-order valence-electron chi connectivity index (χ4n) is 2.95. The van der Waals surface area contributed by atoms with Crippen LogP contribution in [-0.4, -0.2) is 40.6 Å². The first-order valence-electron chi connectivity index (χ1n) is 6.77. The molecule has 3 rings (SSSR count). The van der Waals surface area contributed by atoms with Gasteiger partial charge < -0.3 is 14.7 Å². The minimum absolute atomic E-state index is 0.0443. The van der Waals surface area contributed by atoms with E-state index in [1.165, 1.54) is 4.90 Å². The molecule has 2 heterocycles. The summed E-state index contributed by atoms with van der Waals surface area (Å²) in [4.78, 5) is 24.6. The van der Waals surface area contributed by atoms with Crippen LogP contribution in [0, 0.1) is 11.3 Å². The number of rotatable bonds is 0. The normalized spacial score (nSPS) is 19.6. The molecule has 0 radical (unpaired) electrons. The average molecular weight is 286 g/mol. The van der Waals surface area contributed by atoms with Gasteiger partial charge in [-0.05, 0) is 18.2 Å². The highest BCUT2D eigenvalue weighted by atomic mass is 16.5. The van der Waals surface area contributed by atoms with Gasteiger partial charge in [-0.1, -0.05) is 0 Å². The number of carbonyl (C=O) groups is 2. The number of Topliss-reactive ketones (excluding diaryl/α,β-unsaturated/α-hetero) is 1. The number of likely N-dealkylation sites (tertiary alicyclic amines) is 1. The molecule has 1 fully saturated rings. The lowest BCUT2D eigenvalue weighted by atomic mass is 9.82. The molecule has 0 saturated carbocycles. The first kappa shape index (κ1) is 13.4. The van der Waals surface area contributed by atoms with Crippen LogP contribution in [0.5, 0.6) is 5.75 Å². The second kappa shape index (κ2) is 4.77. The Morgan fingerprint density at radius 3 is 2.71 bits per heavy atom. The Hall–Kier alpha value is -2.55. The van der Waals surface area contributed by atoms with Gasteiger partial charge in [-0.3, -0.25) is 4.79 Å². The van der Waals surface area contributed by atoms with Gasteiger partial charge in [0.15, 0.2) is 5.78 Å². The van der Waals surface area contributed by atoms with Crippen molar-refractivity contribution in [2.24, 2.45) is 0 Å². The van der Waals surface area contributed by atoms with Crippen molar-refractivity contribution < 1.29 is 19.4 Å². The molecule has 2 aliphatic heterocycles. The molecule has 1 amide bonds. The molecule has 0 aromatic heterocycles. The van der Waals surface area contributed by atoms with Crippen LogP contribution in [0.25, 0.3) is 0 Å². The minimum atomic E-state index is -0.939. The SMILES string of the molecule is N#Cc1ccc2c(c1)C(=O)CC1(CCN(C(=O)O)CC1)O2. The number of amides is 1. The van der Waals surface area contributed by atoms with E-state index in [2.05, 4.69) is 0 Å². The molecule has 0 atom stereocenters. The number of carbonyl (C=O) groups excluding carboxylic acids is 1. The van der Waals surface area contributed by atoms with Crippen LogP contribution >= 0.6 is 0 Å². The molecule has 1 N–H and O–H groups in total. The standard InChI is InChI=1S/C15H14N2O4/c16-9-10-1-2-13-11(7-10)12(18)8-15(21-13)3-5-17(6-4-15)14(19)20/h1-2,7H,3-6,8H2,(H,19,20). The van der Waals surface area contributed by atoms with Crippen molar-refractivity contribution in [3.8, 4) is 11.8 Å². The third-order valence-corrected chi connectivity index (χ3v) is 4.16. The Balaban J connectivity index is 1.85. The molecular weight excluding hydrogens is 272 g/mol. The molecule has 1 aromatic rings. The lowest BCUT2D eigenvalue weighted by Crippen LogP contribution is -2.52. The molecule has 21 heavy (non-hydrogen) atoms. The molecule has 0 bridgehead atoms. The van der Waals surface area contributed by atoms with E-state index < -0.39 is 11.7 Å². The molecular formula is C15H14N2O4. The zero-order valence-electron chi connectivity index (χ0n) is 11.3. The molecule has 1 saturated heterocycles. The van der Waals surface area contributed by atoms with Crippen LogP contribution in [0.1, 0.15) is 35.2 Å². The van der Waals surface area contributed by atoms with E-state index in [4.69, 9.17) is 15.1 Å². The molecule has 108 valence electrons. The number of piperidine rings is 1. The van der Waals surface area contributed by atoms with Crippen molar-refractivity contribution in [2.45, 2.75) is 24.9 Å². The van der Waals surface area contributed by atoms with Crippen LogP contribution in [-0.2, 0) is 0 Å². The van der Waals surface area contributed by atoms with Crippen LogP contribution in [0.15, 0.2) is 18.2 Å². The molecule has 2 aliphatic rings. The summed E-state index contributed by atoms with van der Waals surface area (Å²) in [6, 6.07) is 6.83. The van der Waals surface area contributed by atoms with Gasteiger partial charge in [-0.15, -0.1) is 0 Å². The summed E-state index contributed by atoms with van der Waals surface area (Å²) in [7, 11) is 0. The van der Waals surface area contributed by atoms with E-state index in [9.17, 15) is 9.59 Å². The zero-order valence-corrected chi connectivity index (χ0v) is 11.3. The maximum absolute atomic E-state index is 12.3. The molecule has 0 unspecified atom stereocenters. The number of nitrogens with zero attached hydrogens (tertiary/aromatic N) is 2. The number of hydrogen-bond acceptors (Lipinski definition) is 4. The Morgan fingerprint density at radius 1 is 1.38 bits per heavy atom. The highest BCUT2D eigenvalue weighted by Gasteiger charge is 2.43. The number of hydrogen-bond donors (Lipinski definition) is 1. The number of carboxylic acid groups (broad SMARTS) is 1. The van der Waals surface area contributed by atoms with Gasteiger partial charge >= 0.3 is 6.09 Å². The van der Waals surface area contributed by atoms with Gasteiger partial charge in [0.25, 0.3) is 0 Å². The van der Waals surface area contributed by atoms with E-state index in [0.717, 1.165) is 0 Å². The second-order valence-electron chi connectivity index (χ2n) is 5.48. The minimum Gasteiger partial charge on any atom is -0.486 e. The van der Waals surface area contributed by atoms with Gasteiger partial charge in [0.05, 0.1) is 23.6 Å². The first-order valence-corrected chi connectivity index (χ1v) is 6.77. The summed E-state index contributed by atoms with van der Waals surface area (Å²) >= 11 is 0. The summed E-state index contributed by atoms with van der Waals surface area (Å²) in [5, 5.41) is 17.9. The third-order valence-electron chi connectivity index (χ3n) is 4.16. The van der Waals surface area contributed by atoms with Gasteiger partial charge in [-0.2, -0.15) is 5.26 Å². The van der Waals surface area contributed by atoms with E-state index >= 15 is 0 Å². The highest BCUT2D eigenvalue weighted by molar-refractivity contribution is 6.00. The molecule has 6 nitrogen and oxygen atoms in total. The predicted molar refractivity (Wildman–Crippen MR) is 72.3 cm³/mol. The van der Waals surface area contributed by atoms with E-state index in [1.807, 2.05) is 6.07 Å². The number of nitriles is 1. The summed E-state index contributed by atoms with van der Waals surface area (Å²) in [5.74, 6) is 0.450. The Morgan fingerprint density at radius 2 is 2.10 bits per heavy atom. The lowest BCUT2D eigenvalue weighted by Gasteiger charge is -2.43. The zero-order chi connectivity index (χ0) is 15.0. The fourth-order valence-corrected chi connectivity index (χ4v) is 2.95. The van der Waals surface area contributed by atoms with Crippen molar-refractivity contribution in [3.63, 3.8) is 0 Å². The quantitative estimate of drug-likeness (QED) is 0.788. The number of fused-ring (bicyclic) bond motifs is 1. The van der Waals surface area contributed by atoms with Crippen LogP contribution in [0.3, 0.4) is 0 Å². The molecule has 0 aliphatic carbocycles. The topological polar surface area (TPSA) is 90.6 Å². The summed E-state index contributed by atoms with van der Waals surface area (Å²) in [6.07, 6.45) is 0.308. The summed E-state index contributed by atoms with van der Waals surface area (Å²) < 4.78 is 6.01. The van der Waals surface area contributed by atoms with Crippen molar-refractivity contribution >= 4 is 11.9 Å². The van der Waals surface area contributed by atoms with E-state index in [-0.39, 0.29) is 12.2 Å². The molecule has 1 spiro atoms. The van der Waals surface area contributed by atoms with Crippen LogP contribution in [0.4, 0.5) is 4.79 Å². The summed E-state index contributed by atoms with van der Waals surface area (Å²) in [5.41, 5.74) is 0.271. The van der Waals surface area contributed by atoms with Crippen molar-refractivity contribution in [2.75, 3.05) is 13.1 Å².